The minimum absolute atomic E-state index is 0. The minimum Gasteiger partial charge on any atom is -0.319 e. The molecule has 0 radical (unpaired) electrons. The molecule has 324 valence electrons. The molecule has 1 aliphatic heterocycles. The molecular weight excluding hydrogens is 1000 g/mol. The van der Waals surface area contributed by atoms with E-state index in [9.17, 15) is 0 Å². The van der Waals surface area contributed by atoms with E-state index >= 15 is 0 Å². The summed E-state index contributed by atoms with van der Waals surface area (Å²) >= 11 is 0. The summed E-state index contributed by atoms with van der Waals surface area (Å²) in [6.45, 7) is -2.49. The van der Waals surface area contributed by atoms with Crippen LogP contribution < -0.4 is 10.1 Å². The Balaban J connectivity index is 0.00000533. The van der Waals surface area contributed by atoms with Gasteiger partial charge < -0.3 is 4.57 Å². The van der Waals surface area contributed by atoms with Gasteiger partial charge in [-0.3, -0.25) is 0 Å². The van der Waals surface area contributed by atoms with Crippen molar-refractivity contribution >= 4 is 38.9 Å². The fourth-order valence-corrected chi connectivity index (χ4v) is 9.92. The molecule has 3 heterocycles. The van der Waals surface area contributed by atoms with Gasteiger partial charge in [-0.2, -0.15) is 35.3 Å². The van der Waals surface area contributed by atoms with Gasteiger partial charge in [0.05, 0.1) is 11.1 Å². The molecule has 5 nitrogen and oxygen atoms in total. The van der Waals surface area contributed by atoms with E-state index in [1.165, 1.54) is 0 Å². The van der Waals surface area contributed by atoms with Gasteiger partial charge in [0.15, 0.2) is 0 Å². The van der Waals surface area contributed by atoms with Gasteiger partial charge in [-0.05, 0) is 80.2 Å². The number of hydroxylamine groups is 1. The van der Waals surface area contributed by atoms with Crippen molar-refractivity contribution in [2.45, 2.75) is 5.41 Å². The second-order valence-electron chi connectivity index (χ2n) is 16.5. The van der Waals surface area contributed by atoms with Crippen LogP contribution in [0.15, 0.2) is 237 Å². The molecule has 9 aromatic carbocycles. The van der Waals surface area contributed by atoms with Crippen LogP contribution in [0.4, 0.5) is 17.1 Å². The van der Waals surface area contributed by atoms with E-state index in [2.05, 4.69) is 204 Å². The quantitative estimate of drug-likeness (QED) is 0.0821. The molecule has 12 rings (SSSR count). The zero-order valence-electron chi connectivity index (χ0n) is 39.1. The molecule has 11 aromatic rings. The third-order valence-corrected chi connectivity index (χ3v) is 12.8. The second kappa shape index (κ2) is 17.5. The molecule has 0 saturated heterocycles. The van der Waals surface area contributed by atoms with Crippen molar-refractivity contribution in [1.29, 1.82) is 0 Å². The van der Waals surface area contributed by atoms with E-state index in [0.717, 1.165) is 88.3 Å². The molecule has 6 heteroatoms. The van der Waals surface area contributed by atoms with Crippen molar-refractivity contribution in [3.05, 3.63) is 271 Å². The molecule has 0 fully saturated rings. The maximum Gasteiger partial charge on any atom is 0.145 e. The van der Waals surface area contributed by atoms with Crippen LogP contribution in [-0.4, -0.2) is 21.5 Å². The number of pyridine rings is 1. The van der Waals surface area contributed by atoms with Crippen LogP contribution >= 0.6 is 0 Å². The number of aromatic nitrogens is 2. The second-order valence-corrected chi connectivity index (χ2v) is 16.5. The fraction of sp³-hybridized carbons (Fsp3) is 0.0328. The molecular formula is C61H43N4OPt-. The first kappa shape index (κ1) is 38.4. The van der Waals surface area contributed by atoms with Crippen molar-refractivity contribution < 1.29 is 30.1 Å². The van der Waals surface area contributed by atoms with E-state index in [-0.39, 0.29) is 21.1 Å². The van der Waals surface area contributed by atoms with Crippen LogP contribution in [0.3, 0.4) is 0 Å². The summed E-state index contributed by atoms with van der Waals surface area (Å²) in [5.74, 6) is 0.765. The zero-order chi connectivity index (χ0) is 46.5. The fourth-order valence-electron chi connectivity index (χ4n) is 9.92. The van der Waals surface area contributed by atoms with E-state index in [1.54, 1.807) is 11.1 Å². The number of fused-ring (bicyclic) bond motifs is 4. The Morgan fingerprint density at radius 2 is 1.09 bits per heavy atom. The Labute approximate surface area is 409 Å². The number of hydrogen-bond acceptors (Lipinski definition) is 3. The summed E-state index contributed by atoms with van der Waals surface area (Å²) < 4.78 is 27.3. The summed E-state index contributed by atoms with van der Waals surface area (Å²) in [5.41, 5.74) is 13.1. The van der Waals surface area contributed by atoms with Crippen molar-refractivity contribution in [3.63, 3.8) is 0 Å². The third kappa shape index (κ3) is 7.07. The molecule has 0 saturated carbocycles. The standard InChI is InChI=1S/C61H42N4O.Pt/c1-63-56-34-16-17-35-57(56)65(66-63)50-29-18-28-48(41-50)61(46-24-10-4-11-25-46,47-26-12-5-13-27-47)49-36-37-54-53-30-14-15-33-55(53)64(58(54)42-49)59-40-45(38-39-62-59)60-51(43-20-6-2-7-21-43)31-19-32-52(60)44-22-8-3-9-23-44;/h2-40H,1H3;/q-2;/p+1/i1D3;. The number of nitrogens with zero attached hydrogens (tertiary/aromatic N) is 4. The number of anilines is 3. The first-order valence-electron chi connectivity index (χ1n) is 23.6. The largest absolute Gasteiger partial charge is 0.319 e. The molecule has 2 aromatic heterocycles. The van der Waals surface area contributed by atoms with E-state index < -0.39 is 12.4 Å². The summed E-state index contributed by atoms with van der Waals surface area (Å²) in [4.78, 5) is 9.83. The predicted molar refractivity (Wildman–Crippen MR) is 270 cm³/mol. The molecule has 0 amide bonds. The van der Waals surface area contributed by atoms with Crippen molar-refractivity contribution in [2.24, 2.45) is 0 Å². The molecule has 67 heavy (non-hydrogen) atoms. The summed E-state index contributed by atoms with van der Waals surface area (Å²) in [5, 5.41) is 4.91. The van der Waals surface area contributed by atoms with Gasteiger partial charge in [-0.15, -0.1) is 38.8 Å². The topological polar surface area (TPSA) is 37.1 Å². The average molecular weight is 1050 g/mol. The van der Waals surface area contributed by atoms with Gasteiger partial charge in [-0.25, -0.2) is 4.98 Å². The molecule has 0 aliphatic carbocycles. The van der Waals surface area contributed by atoms with Gasteiger partial charge in [0.25, 0.3) is 0 Å². The predicted octanol–water partition coefficient (Wildman–Crippen LogP) is 14.6. The third-order valence-electron chi connectivity index (χ3n) is 12.8. The molecule has 1 aliphatic rings. The maximum atomic E-state index is 8.34. The number of benzene rings is 9. The van der Waals surface area contributed by atoms with Gasteiger partial charge >= 0.3 is 0 Å². The van der Waals surface area contributed by atoms with Crippen molar-refractivity contribution in [2.75, 3.05) is 17.1 Å². The zero-order valence-corrected chi connectivity index (χ0v) is 38.3. The Hall–Kier alpha value is -7.82. The number of para-hydroxylation sites is 3. The molecule has 0 unspecified atom stereocenters. The van der Waals surface area contributed by atoms with Crippen LogP contribution in [0.25, 0.3) is 61.0 Å². The Morgan fingerprint density at radius 1 is 0.507 bits per heavy atom. The summed E-state index contributed by atoms with van der Waals surface area (Å²) in [6.07, 6.45) is 1.92. The first-order valence-corrected chi connectivity index (χ1v) is 22.1. The van der Waals surface area contributed by atoms with Crippen LogP contribution in [-0.2, 0) is 26.5 Å². The van der Waals surface area contributed by atoms with Crippen molar-refractivity contribution in [3.8, 4) is 39.2 Å². The maximum absolute atomic E-state index is 8.34. The van der Waals surface area contributed by atoms with Crippen LogP contribution in [0.5, 0.6) is 0 Å². The normalized spacial score (nSPS) is 13.2. The summed E-state index contributed by atoms with van der Waals surface area (Å²) in [7, 11) is 0. The Morgan fingerprint density at radius 3 is 1.76 bits per heavy atom. The molecule has 0 spiro atoms. The van der Waals surface area contributed by atoms with Gasteiger partial charge in [0.2, 0.25) is 0 Å². The first-order chi connectivity index (χ1) is 33.9. The van der Waals surface area contributed by atoms with Crippen molar-refractivity contribution in [1.82, 2.24) is 9.55 Å². The van der Waals surface area contributed by atoms with E-state index in [4.69, 9.17) is 9.10 Å². The van der Waals surface area contributed by atoms with E-state index in [0.29, 0.717) is 17.1 Å². The SMILES string of the molecule is [2H]C([2H])([2H])N1[OH+]N(c2[c-]c(C(c3[c-]c4c(cc3)c3ccccc3n4-c3cc(-c4c(-c5ccccc5)cccc4-c4ccccc4)ccn3)(c3ccccc3)c3ccccc3)ccc2)c2ccccc21.[Pt]. The van der Waals surface area contributed by atoms with E-state index in [1.807, 2.05) is 48.7 Å². The average Bonchev–Trinajstić information content (AvgIpc) is 3.97. The van der Waals surface area contributed by atoms with Crippen LogP contribution in [0, 0.1) is 12.1 Å². The number of hydrogen-bond donors (Lipinski definition) is 0. The van der Waals surface area contributed by atoms with Crippen LogP contribution in [0.1, 0.15) is 26.4 Å². The van der Waals surface area contributed by atoms with Crippen LogP contribution in [0.2, 0.25) is 0 Å². The smallest absolute Gasteiger partial charge is 0.145 e. The number of rotatable bonds is 9. The van der Waals surface area contributed by atoms with Gasteiger partial charge in [0, 0.05) is 43.9 Å². The molecule has 0 bridgehead atoms. The van der Waals surface area contributed by atoms with Gasteiger partial charge in [-0.1, -0.05) is 175 Å². The monoisotopic (exact) mass is 1050 g/mol. The Bertz CT molecular complexity index is 3560. The summed E-state index contributed by atoms with van der Waals surface area (Å²) in [6, 6.07) is 87.2. The molecule has 0 atom stereocenters. The Kier molecular flexibility index (Phi) is 10.1. The van der Waals surface area contributed by atoms with Gasteiger partial charge in [0.1, 0.15) is 17.2 Å². The molecule has 1 N–H and O–H groups in total. The minimum atomic E-state index is -2.49.